The average molecular weight is 346 g/mol. The zero-order valence-corrected chi connectivity index (χ0v) is 14.5. The Balaban J connectivity index is 1.99. The van der Waals surface area contributed by atoms with Crippen molar-refractivity contribution in [3.63, 3.8) is 0 Å². The fourth-order valence-corrected chi connectivity index (χ4v) is 2.77. The van der Waals surface area contributed by atoms with Gasteiger partial charge in [-0.1, -0.05) is 37.0 Å². The van der Waals surface area contributed by atoms with Crippen LogP contribution >= 0.6 is 0 Å². The summed E-state index contributed by atoms with van der Waals surface area (Å²) in [5, 5.41) is 9.47. The van der Waals surface area contributed by atoms with Gasteiger partial charge in [0.15, 0.2) is 13.2 Å². The lowest BCUT2D eigenvalue weighted by molar-refractivity contribution is 0.0561. The van der Waals surface area contributed by atoms with E-state index in [1.807, 2.05) is 34.7 Å². The highest BCUT2D eigenvalue weighted by Crippen LogP contribution is 2.29. The maximum Gasteiger partial charge on any atom is 0.341 e. The quantitative estimate of drug-likeness (QED) is 0.518. The molecule has 0 atom stereocenters. The number of ether oxygens (including phenoxy) is 2. The van der Waals surface area contributed by atoms with Crippen LogP contribution in [0.5, 0.6) is 5.75 Å². The summed E-state index contributed by atoms with van der Waals surface area (Å²) in [6.07, 6.45) is 3.54. The molecule has 1 aromatic carbocycles. The summed E-state index contributed by atoms with van der Waals surface area (Å²) >= 11 is 0. The summed E-state index contributed by atoms with van der Waals surface area (Å²) in [6.45, 7) is 2.10. The molecule has 3 aromatic rings. The van der Waals surface area contributed by atoms with Crippen LogP contribution in [0.1, 0.15) is 30.1 Å². The van der Waals surface area contributed by atoms with Crippen LogP contribution in [-0.4, -0.2) is 23.6 Å². The Bertz CT molecular complexity index is 1050. The van der Waals surface area contributed by atoms with E-state index >= 15 is 0 Å². The number of fused-ring (bicyclic) bond motifs is 3. The molecule has 2 heterocycles. The maximum atomic E-state index is 12.6. The molecule has 0 bridgehead atoms. The summed E-state index contributed by atoms with van der Waals surface area (Å²) in [6, 6.07) is 13.1. The molecule has 0 aliphatic heterocycles. The third kappa shape index (κ3) is 3.48. The fraction of sp³-hybridized carbons (Fsp3) is 0.238. The van der Waals surface area contributed by atoms with E-state index in [1.165, 1.54) is 0 Å². The van der Waals surface area contributed by atoms with E-state index in [-0.39, 0.29) is 13.2 Å². The molecule has 0 fully saturated rings. The molecule has 5 heteroatoms. The maximum absolute atomic E-state index is 12.6. The molecule has 0 amide bonds. The summed E-state index contributed by atoms with van der Waals surface area (Å²) in [5.41, 5.74) is 2.10. The van der Waals surface area contributed by atoms with Crippen LogP contribution in [0.4, 0.5) is 0 Å². The number of unbranched alkanes of at least 4 members (excludes halogenated alkanes) is 1. The molecule has 0 radical (unpaired) electrons. The van der Waals surface area contributed by atoms with Gasteiger partial charge >= 0.3 is 5.97 Å². The van der Waals surface area contributed by atoms with Gasteiger partial charge in [0, 0.05) is 11.8 Å². The van der Waals surface area contributed by atoms with Gasteiger partial charge < -0.3 is 13.9 Å². The van der Waals surface area contributed by atoms with E-state index in [4.69, 9.17) is 14.7 Å². The Labute approximate surface area is 151 Å². The number of aromatic nitrogens is 1. The van der Waals surface area contributed by atoms with Gasteiger partial charge in [-0.3, -0.25) is 0 Å². The number of carbonyl (C=O) groups excluding carboxylic acids is 1. The second kappa shape index (κ2) is 8.09. The fourth-order valence-electron chi connectivity index (χ4n) is 2.77. The second-order valence-electron chi connectivity index (χ2n) is 5.64. The summed E-state index contributed by atoms with van der Waals surface area (Å²) < 4.78 is 12.6. The predicted molar refractivity (Wildman–Crippen MR) is 99.0 cm³/mol. The minimum absolute atomic E-state index is 0.0317. The molecule has 0 unspecified atom stereocenters. The van der Waals surface area contributed by atoms with E-state index < -0.39 is 5.97 Å². The van der Waals surface area contributed by atoms with Gasteiger partial charge in [-0.25, -0.2) is 4.79 Å². The predicted octanol–water partition coefficient (Wildman–Crippen LogP) is 3.96. The third-order valence-electron chi connectivity index (χ3n) is 3.89. The monoisotopic (exact) mass is 346 g/mol. The molecule has 3 rings (SSSR count). The summed E-state index contributed by atoms with van der Waals surface area (Å²) in [4.78, 5) is 12.6. The van der Waals surface area contributed by atoms with Crippen molar-refractivity contribution in [2.45, 2.75) is 19.8 Å². The highest BCUT2D eigenvalue weighted by atomic mass is 16.5. The number of hydrogen-bond acceptors (Lipinski definition) is 4. The smallest absolute Gasteiger partial charge is 0.341 e. The normalized spacial score (nSPS) is 10.2. The Hall–Kier alpha value is -3.44. The number of pyridine rings is 1. The number of rotatable bonds is 5. The summed E-state index contributed by atoms with van der Waals surface area (Å²) in [7, 11) is 0. The van der Waals surface area contributed by atoms with Crippen LogP contribution in [0.3, 0.4) is 0 Å². The van der Waals surface area contributed by atoms with E-state index in [0.29, 0.717) is 11.3 Å². The van der Waals surface area contributed by atoms with Gasteiger partial charge in [-0.2, -0.15) is 5.26 Å². The van der Waals surface area contributed by atoms with Crippen molar-refractivity contribution in [1.82, 2.24) is 4.40 Å². The topological polar surface area (TPSA) is 63.7 Å². The van der Waals surface area contributed by atoms with Crippen molar-refractivity contribution >= 4 is 22.4 Å². The molecule has 130 valence electrons. The van der Waals surface area contributed by atoms with Gasteiger partial charge in [0.2, 0.25) is 0 Å². The van der Waals surface area contributed by atoms with Crippen molar-refractivity contribution in [3.8, 4) is 23.7 Å². The Morgan fingerprint density at radius 1 is 1.12 bits per heavy atom. The van der Waals surface area contributed by atoms with Crippen molar-refractivity contribution in [3.05, 3.63) is 48.2 Å². The Kier molecular flexibility index (Phi) is 5.41. The van der Waals surface area contributed by atoms with E-state index in [0.717, 1.165) is 29.3 Å². The highest BCUT2D eigenvalue weighted by Gasteiger charge is 2.19. The lowest BCUT2D eigenvalue weighted by Gasteiger charge is -2.04. The number of carbonyl (C=O) groups is 1. The zero-order chi connectivity index (χ0) is 18.4. The van der Waals surface area contributed by atoms with Crippen LogP contribution in [0, 0.1) is 23.2 Å². The average Bonchev–Trinajstić information content (AvgIpc) is 3.00. The van der Waals surface area contributed by atoms with Crippen LogP contribution in [0.15, 0.2) is 42.6 Å². The molecular weight excluding hydrogens is 328 g/mol. The molecule has 5 nitrogen and oxygen atoms in total. The highest BCUT2D eigenvalue weighted by molar-refractivity contribution is 6.11. The molecule has 0 aliphatic carbocycles. The van der Waals surface area contributed by atoms with Crippen molar-refractivity contribution in [1.29, 1.82) is 5.26 Å². The van der Waals surface area contributed by atoms with Gasteiger partial charge in [0.05, 0.1) is 22.8 Å². The lowest BCUT2D eigenvalue weighted by atomic mass is 10.1. The number of benzene rings is 1. The second-order valence-corrected chi connectivity index (χ2v) is 5.64. The Morgan fingerprint density at radius 2 is 1.96 bits per heavy atom. The minimum Gasteiger partial charge on any atom is -0.477 e. The third-order valence-corrected chi connectivity index (χ3v) is 3.89. The van der Waals surface area contributed by atoms with Gasteiger partial charge in [-0.15, -0.1) is 0 Å². The molecule has 0 spiro atoms. The van der Waals surface area contributed by atoms with E-state index in [1.54, 1.807) is 18.3 Å². The summed E-state index contributed by atoms with van der Waals surface area (Å²) in [5.74, 6) is 5.98. The van der Waals surface area contributed by atoms with Crippen molar-refractivity contribution in [2.24, 2.45) is 0 Å². The Morgan fingerprint density at radius 3 is 2.77 bits per heavy atom. The van der Waals surface area contributed by atoms with Gasteiger partial charge in [-0.05, 0) is 24.6 Å². The van der Waals surface area contributed by atoms with Gasteiger partial charge in [0.1, 0.15) is 11.8 Å². The SMILES string of the molecule is CCCC#CCOC(=O)c1c2ccccc2n2cc(OCC#N)ccc12. The number of nitriles is 1. The molecule has 0 aliphatic rings. The van der Waals surface area contributed by atoms with Crippen LogP contribution in [0.2, 0.25) is 0 Å². The number of nitrogens with zero attached hydrogens (tertiary/aromatic N) is 2. The lowest BCUT2D eigenvalue weighted by Crippen LogP contribution is -2.05. The van der Waals surface area contributed by atoms with Crippen LogP contribution < -0.4 is 4.74 Å². The van der Waals surface area contributed by atoms with Crippen molar-refractivity contribution < 1.29 is 14.3 Å². The number of para-hydroxylation sites is 1. The van der Waals surface area contributed by atoms with Crippen LogP contribution in [0.25, 0.3) is 16.4 Å². The molecular formula is C21H18N2O3. The van der Waals surface area contributed by atoms with E-state index in [9.17, 15) is 4.79 Å². The molecule has 2 aromatic heterocycles. The van der Waals surface area contributed by atoms with E-state index in [2.05, 4.69) is 18.8 Å². The zero-order valence-electron chi connectivity index (χ0n) is 14.5. The molecule has 0 saturated heterocycles. The first-order valence-electron chi connectivity index (χ1n) is 8.41. The molecule has 0 saturated carbocycles. The first-order chi connectivity index (χ1) is 12.8. The number of esters is 1. The van der Waals surface area contributed by atoms with Gasteiger partial charge in [0.25, 0.3) is 0 Å². The largest absolute Gasteiger partial charge is 0.477 e. The standard InChI is InChI=1S/C21H18N2O3/c1-2-3-4-7-13-26-21(24)20-17-8-5-6-9-18(17)23-15-16(25-14-12-22)10-11-19(20)23/h5-6,8-11,15H,2-3,13-14H2,1H3. The molecule has 26 heavy (non-hydrogen) atoms. The van der Waals surface area contributed by atoms with Crippen molar-refractivity contribution in [2.75, 3.05) is 13.2 Å². The first-order valence-corrected chi connectivity index (χ1v) is 8.41. The minimum atomic E-state index is -0.403. The molecule has 0 N–H and O–H groups in total. The number of hydrogen-bond donors (Lipinski definition) is 0. The first kappa shape index (κ1) is 17.4. The van der Waals surface area contributed by atoms with Crippen LogP contribution in [-0.2, 0) is 4.74 Å².